The Hall–Kier alpha value is -2.14. The average molecular weight is 273 g/mol. The molecule has 1 amide bonds. The van der Waals surface area contributed by atoms with Crippen molar-refractivity contribution in [1.82, 2.24) is 14.9 Å². The first kappa shape index (κ1) is 14.3. The van der Waals surface area contributed by atoms with Gasteiger partial charge in [-0.1, -0.05) is 13.0 Å². The Bertz CT molecular complexity index is 552. The third-order valence-corrected chi connectivity index (χ3v) is 3.14. The molecule has 1 atom stereocenters. The van der Waals surface area contributed by atoms with E-state index < -0.39 is 0 Å². The molecule has 0 radical (unpaired) electrons. The topological polar surface area (TPSA) is 67.2 Å². The highest BCUT2D eigenvalue weighted by Crippen LogP contribution is 2.10. The van der Waals surface area contributed by atoms with Gasteiger partial charge in [0.1, 0.15) is 0 Å². The summed E-state index contributed by atoms with van der Waals surface area (Å²) in [5, 5.41) is 11.7. The highest BCUT2D eigenvalue weighted by atomic mass is 16.3. The minimum absolute atomic E-state index is 0.100. The molecule has 2 N–H and O–H groups in total. The number of nitrogens with one attached hydrogen (secondary N) is 1. The molecule has 0 saturated heterocycles. The number of amides is 1. The molecule has 106 valence electrons. The zero-order chi connectivity index (χ0) is 14.4. The van der Waals surface area contributed by atoms with Gasteiger partial charge in [0.15, 0.2) is 0 Å². The van der Waals surface area contributed by atoms with Gasteiger partial charge in [0.05, 0.1) is 6.33 Å². The summed E-state index contributed by atoms with van der Waals surface area (Å²) in [5.41, 5.74) is 1.52. The van der Waals surface area contributed by atoms with Crippen LogP contribution in [-0.4, -0.2) is 33.7 Å². The number of nitrogens with zero attached hydrogens (tertiary/aromatic N) is 2. The molecule has 1 aromatic carbocycles. The Kier molecular flexibility index (Phi) is 4.90. The van der Waals surface area contributed by atoms with Crippen molar-refractivity contribution in [3.05, 3.63) is 48.5 Å². The van der Waals surface area contributed by atoms with Gasteiger partial charge in [0, 0.05) is 36.8 Å². The number of carbonyl (C=O) groups excluding carboxylic acids is 1. The van der Waals surface area contributed by atoms with Crippen LogP contribution in [0.25, 0.3) is 5.69 Å². The molecule has 1 unspecified atom stereocenters. The van der Waals surface area contributed by atoms with Crippen molar-refractivity contribution in [2.75, 3.05) is 13.2 Å². The van der Waals surface area contributed by atoms with E-state index in [2.05, 4.69) is 10.3 Å². The number of rotatable bonds is 6. The van der Waals surface area contributed by atoms with Crippen molar-refractivity contribution in [2.45, 2.75) is 13.3 Å². The zero-order valence-electron chi connectivity index (χ0n) is 11.5. The SMILES string of the molecule is CC(CCO)CNC(=O)c1cccc(-n2ccnc2)c1. The molecule has 2 aromatic rings. The molecule has 0 aliphatic carbocycles. The molecule has 5 heteroatoms. The van der Waals surface area contributed by atoms with E-state index >= 15 is 0 Å². The van der Waals surface area contributed by atoms with Crippen LogP contribution in [0.4, 0.5) is 0 Å². The van der Waals surface area contributed by atoms with Crippen molar-refractivity contribution < 1.29 is 9.90 Å². The lowest BCUT2D eigenvalue weighted by Crippen LogP contribution is -2.28. The monoisotopic (exact) mass is 273 g/mol. The summed E-state index contributed by atoms with van der Waals surface area (Å²) < 4.78 is 1.85. The van der Waals surface area contributed by atoms with Crippen LogP contribution in [0.3, 0.4) is 0 Å². The van der Waals surface area contributed by atoms with Crippen LogP contribution in [0.1, 0.15) is 23.7 Å². The Morgan fingerprint density at radius 3 is 3.05 bits per heavy atom. The summed E-state index contributed by atoms with van der Waals surface area (Å²) in [4.78, 5) is 16.1. The molecule has 0 aliphatic heterocycles. The summed E-state index contributed by atoms with van der Waals surface area (Å²) in [7, 11) is 0. The van der Waals surface area contributed by atoms with Crippen LogP contribution in [0, 0.1) is 5.92 Å². The van der Waals surface area contributed by atoms with E-state index in [-0.39, 0.29) is 18.4 Å². The van der Waals surface area contributed by atoms with E-state index in [9.17, 15) is 4.79 Å². The first-order valence-corrected chi connectivity index (χ1v) is 6.68. The lowest BCUT2D eigenvalue weighted by atomic mass is 10.1. The van der Waals surface area contributed by atoms with E-state index in [0.29, 0.717) is 18.5 Å². The second-order valence-electron chi connectivity index (χ2n) is 4.85. The first-order chi connectivity index (χ1) is 9.70. The van der Waals surface area contributed by atoms with E-state index in [0.717, 1.165) is 5.69 Å². The number of hydrogen-bond donors (Lipinski definition) is 2. The van der Waals surface area contributed by atoms with Crippen molar-refractivity contribution >= 4 is 5.91 Å². The number of hydrogen-bond acceptors (Lipinski definition) is 3. The first-order valence-electron chi connectivity index (χ1n) is 6.68. The lowest BCUT2D eigenvalue weighted by Gasteiger charge is -2.11. The highest BCUT2D eigenvalue weighted by Gasteiger charge is 2.08. The molecule has 0 aliphatic rings. The Morgan fingerprint density at radius 1 is 1.50 bits per heavy atom. The Morgan fingerprint density at radius 2 is 2.35 bits per heavy atom. The smallest absolute Gasteiger partial charge is 0.251 e. The number of aliphatic hydroxyl groups is 1. The maximum atomic E-state index is 12.1. The van der Waals surface area contributed by atoms with Crippen molar-refractivity contribution in [3.8, 4) is 5.69 Å². The predicted octanol–water partition coefficient (Wildman–Crippen LogP) is 1.62. The fraction of sp³-hybridized carbons (Fsp3) is 0.333. The molecule has 0 spiro atoms. The molecular formula is C15H19N3O2. The summed E-state index contributed by atoms with van der Waals surface area (Å²) in [6.07, 6.45) is 5.92. The minimum atomic E-state index is -0.100. The summed E-state index contributed by atoms with van der Waals surface area (Å²) >= 11 is 0. The van der Waals surface area contributed by atoms with Crippen molar-refractivity contribution in [2.24, 2.45) is 5.92 Å². The number of aliphatic hydroxyl groups excluding tert-OH is 1. The van der Waals surface area contributed by atoms with Crippen LogP contribution in [0.15, 0.2) is 43.0 Å². The molecule has 20 heavy (non-hydrogen) atoms. The number of aromatic nitrogens is 2. The van der Waals surface area contributed by atoms with E-state index in [4.69, 9.17) is 5.11 Å². The number of carbonyl (C=O) groups is 1. The summed E-state index contributed by atoms with van der Waals surface area (Å²) in [6, 6.07) is 7.38. The van der Waals surface area contributed by atoms with Crippen molar-refractivity contribution in [1.29, 1.82) is 0 Å². The molecule has 0 fully saturated rings. The molecule has 1 aromatic heterocycles. The minimum Gasteiger partial charge on any atom is -0.396 e. The molecule has 5 nitrogen and oxygen atoms in total. The quantitative estimate of drug-likeness (QED) is 0.840. The molecular weight excluding hydrogens is 254 g/mol. The number of benzene rings is 1. The fourth-order valence-electron chi connectivity index (χ4n) is 1.91. The molecule has 0 saturated carbocycles. The highest BCUT2D eigenvalue weighted by molar-refractivity contribution is 5.94. The van der Waals surface area contributed by atoms with Crippen LogP contribution in [0.2, 0.25) is 0 Å². The van der Waals surface area contributed by atoms with Crippen LogP contribution in [-0.2, 0) is 0 Å². The third kappa shape index (κ3) is 3.68. The van der Waals surface area contributed by atoms with Gasteiger partial charge in [0.25, 0.3) is 5.91 Å². The van der Waals surface area contributed by atoms with E-state index in [1.54, 1.807) is 18.6 Å². The standard InChI is InChI=1S/C15H19N3O2/c1-12(5-8-19)10-17-15(20)13-3-2-4-14(9-13)18-7-6-16-11-18/h2-4,6-7,9,11-12,19H,5,8,10H2,1H3,(H,17,20). The van der Waals surface area contributed by atoms with E-state index in [1.807, 2.05) is 35.9 Å². The van der Waals surface area contributed by atoms with Gasteiger partial charge in [0.2, 0.25) is 0 Å². The largest absolute Gasteiger partial charge is 0.396 e. The average Bonchev–Trinajstić information content (AvgIpc) is 2.99. The van der Waals surface area contributed by atoms with Gasteiger partial charge in [-0.2, -0.15) is 0 Å². The van der Waals surface area contributed by atoms with Crippen LogP contribution >= 0.6 is 0 Å². The van der Waals surface area contributed by atoms with Gasteiger partial charge in [-0.05, 0) is 30.5 Å². The zero-order valence-corrected chi connectivity index (χ0v) is 11.5. The lowest BCUT2D eigenvalue weighted by molar-refractivity contribution is 0.0945. The van der Waals surface area contributed by atoms with Crippen LogP contribution < -0.4 is 5.32 Å². The molecule has 1 heterocycles. The number of imidazole rings is 1. The van der Waals surface area contributed by atoms with E-state index in [1.165, 1.54) is 0 Å². The second-order valence-corrected chi connectivity index (χ2v) is 4.85. The van der Waals surface area contributed by atoms with Gasteiger partial charge in [-0.3, -0.25) is 4.79 Å². The molecule has 0 bridgehead atoms. The van der Waals surface area contributed by atoms with Gasteiger partial charge in [-0.15, -0.1) is 0 Å². The third-order valence-electron chi connectivity index (χ3n) is 3.14. The fourth-order valence-corrected chi connectivity index (χ4v) is 1.91. The van der Waals surface area contributed by atoms with Gasteiger partial charge < -0.3 is 15.0 Å². The maximum Gasteiger partial charge on any atom is 0.251 e. The van der Waals surface area contributed by atoms with Gasteiger partial charge >= 0.3 is 0 Å². The van der Waals surface area contributed by atoms with Crippen LogP contribution in [0.5, 0.6) is 0 Å². The summed E-state index contributed by atoms with van der Waals surface area (Å²) in [5.74, 6) is 0.164. The van der Waals surface area contributed by atoms with Crippen molar-refractivity contribution in [3.63, 3.8) is 0 Å². The Balaban J connectivity index is 2.02. The summed E-state index contributed by atoms with van der Waals surface area (Å²) in [6.45, 7) is 2.71. The maximum absolute atomic E-state index is 12.1. The molecule has 2 rings (SSSR count). The normalized spacial score (nSPS) is 12.1. The Labute approximate surface area is 118 Å². The van der Waals surface area contributed by atoms with Gasteiger partial charge in [-0.25, -0.2) is 4.98 Å². The predicted molar refractivity (Wildman–Crippen MR) is 76.8 cm³/mol. The second kappa shape index (κ2) is 6.86.